The minimum absolute atomic E-state index is 0.0229. The maximum absolute atomic E-state index is 12.3. The smallest absolute Gasteiger partial charge is 0.229 e. The number of carbonyl (C=O) groups excluding carboxylic acids is 1. The van der Waals surface area contributed by atoms with Crippen LogP contribution in [0, 0.1) is 12.3 Å². The number of benzene rings is 2. The van der Waals surface area contributed by atoms with Crippen LogP contribution in [0.2, 0.25) is 5.02 Å². The molecular formula is C24H33ClN2O. The van der Waals surface area contributed by atoms with Crippen molar-refractivity contribution in [1.82, 2.24) is 4.90 Å². The van der Waals surface area contributed by atoms with Crippen molar-refractivity contribution < 1.29 is 4.79 Å². The lowest BCUT2D eigenvalue weighted by Gasteiger charge is -2.33. The van der Waals surface area contributed by atoms with Crippen LogP contribution in [0.5, 0.6) is 0 Å². The molecule has 4 heteroatoms. The molecule has 152 valence electrons. The van der Waals surface area contributed by atoms with Gasteiger partial charge in [-0.15, -0.1) is 0 Å². The summed E-state index contributed by atoms with van der Waals surface area (Å²) >= 11 is 6.53. The molecule has 1 amide bonds. The number of fused-ring (bicyclic) bond motifs is 1. The molecule has 2 aromatic carbocycles. The van der Waals surface area contributed by atoms with Gasteiger partial charge in [-0.25, -0.2) is 0 Å². The number of nitrogens with zero attached hydrogens (tertiary/aromatic N) is 1. The summed E-state index contributed by atoms with van der Waals surface area (Å²) in [6, 6.07) is 12.5. The van der Waals surface area contributed by atoms with E-state index in [-0.39, 0.29) is 11.8 Å². The highest BCUT2D eigenvalue weighted by atomic mass is 35.5. The molecule has 1 aliphatic rings. The number of hydrogen-bond donors (Lipinski definition) is 1. The van der Waals surface area contributed by atoms with Gasteiger partial charge in [-0.2, -0.15) is 0 Å². The Balaban J connectivity index is 0.00000136. The molecule has 0 spiro atoms. The van der Waals surface area contributed by atoms with E-state index in [4.69, 9.17) is 11.6 Å². The third-order valence-corrected chi connectivity index (χ3v) is 5.24. The molecule has 2 aromatic rings. The van der Waals surface area contributed by atoms with Crippen LogP contribution in [-0.4, -0.2) is 24.4 Å². The lowest BCUT2D eigenvalue weighted by Crippen LogP contribution is -2.31. The third kappa shape index (κ3) is 5.15. The lowest BCUT2D eigenvalue weighted by molar-refractivity contribution is -0.123. The average molecular weight is 401 g/mol. The standard InChI is InChI=1S/C22H27ClN2O.C2H6/c1-14-9-17-18(12-25(5)13-19(17)20(23)10-14)15-7-6-8-16(11-15)24-21(26)22(2,3)4;1-2/h6-11,18H,12-13H2,1-5H3,(H,24,26);1-2H3. The average Bonchev–Trinajstić information content (AvgIpc) is 2.63. The van der Waals surface area contributed by atoms with Gasteiger partial charge in [-0.05, 0) is 54.4 Å². The fourth-order valence-electron chi connectivity index (χ4n) is 3.46. The molecule has 0 bridgehead atoms. The van der Waals surface area contributed by atoms with Gasteiger partial charge in [-0.3, -0.25) is 4.79 Å². The van der Waals surface area contributed by atoms with E-state index in [1.54, 1.807) is 0 Å². The molecule has 0 aliphatic carbocycles. The summed E-state index contributed by atoms with van der Waals surface area (Å²) in [7, 11) is 2.12. The molecule has 1 atom stereocenters. The zero-order valence-electron chi connectivity index (χ0n) is 18.2. The molecule has 28 heavy (non-hydrogen) atoms. The van der Waals surface area contributed by atoms with Gasteiger partial charge in [0.1, 0.15) is 0 Å². The Morgan fingerprint density at radius 1 is 1.18 bits per heavy atom. The Bertz CT molecular complexity index is 839. The predicted octanol–water partition coefficient (Wildman–Crippen LogP) is 6.24. The maximum atomic E-state index is 12.3. The minimum Gasteiger partial charge on any atom is -0.326 e. The van der Waals surface area contributed by atoms with Crippen LogP contribution in [0.25, 0.3) is 0 Å². The van der Waals surface area contributed by atoms with Crippen molar-refractivity contribution >= 4 is 23.2 Å². The van der Waals surface area contributed by atoms with Crippen LogP contribution in [0.15, 0.2) is 36.4 Å². The summed E-state index contributed by atoms with van der Waals surface area (Å²) < 4.78 is 0. The van der Waals surface area contributed by atoms with E-state index < -0.39 is 5.41 Å². The first-order valence-electron chi connectivity index (χ1n) is 10.0. The Morgan fingerprint density at radius 2 is 1.86 bits per heavy atom. The predicted molar refractivity (Wildman–Crippen MR) is 120 cm³/mol. The highest BCUT2D eigenvalue weighted by Crippen LogP contribution is 2.37. The SMILES string of the molecule is CC.Cc1cc(Cl)c2c(c1)C(c1cccc(NC(=O)C(C)(C)C)c1)CN(C)C2. The number of likely N-dealkylation sites (N-methyl/N-ethyl adjacent to an activating group) is 1. The van der Waals surface area contributed by atoms with E-state index in [1.165, 1.54) is 22.3 Å². The molecule has 1 N–H and O–H groups in total. The second kappa shape index (κ2) is 9.11. The normalized spacial score (nSPS) is 16.6. The van der Waals surface area contributed by atoms with E-state index in [9.17, 15) is 4.79 Å². The zero-order valence-corrected chi connectivity index (χ0v) is 18.9. The van der Waals surface area contributed by atoms with Crippen molar-refractivity contribution in [2.75, 3.05) is 18.9 Å². The summed E-state index contributed by atoms with van der Waals surface area (Å²) in [4.78, 5) is 14.6. The monoisotopic (exact) mass is 400 g/mol. The van der Waals surface area contributed by atoms with Gasteiger partial charge in [-0.1, -0.05) is 64.4 Å². The van der Waals surface area contributed by atoms with Crippen LogP contribution in [0.4, 0.5) is 5.69 Å². The van der Waals surface area contributed by atoms with Gasteiger partial charge in [0.2, 0.25) is 5.91 Å². The van der Waals surface area contributed by atoms with Gasteiger partial charge >= 0.3 is 0 Å². The summed E-state index contributed by atoms with van der Waals surface area (Å²) in [6.07, 6.45) is 0. The molecule has 3 nitrogen and oxygen atoms in total. The van der Waals surface area contributed by atoms with E-state index in [1.807, 2.05) is 52.8 Å². The molecule has 1 aliphatic heterocycles. The van der Waals surface area contributed by atoms with Crippen molar-refractivity contribution in [3.05, 3.63) is 63.7 Å². The zero-order chi connectivity index (χ0) is 21.1. The molecular weight excluding hydrogens is 368 g/mol. The van der Waals surface area contributed by atoms with Crippen molar-refractivity contribution in [2.45, 2.75) is 54.0 Å². The van der Waals surface area contributed by atoms with Crippen molar-refractivity contribution in [2.24, 2.45) is 5.41 Å². The van der Waals surface area contributed by atoms with E-state index in [0.29, 0.717) is 0 Å². The number of nitrogens with one attached hydrogen (secondary N) is 1. The fourth-order valence-corrected chi connectivity index (χ4v) is 3.80. The largest absolute Gasteiger partial charge is 0.326 e. The number of carbonyl (C=O) groups is 1. The van der Waals surface area contributed by atoms with Gasteiger partial charge in [0.05, 0.1) is 0 Å². The number of rotatable bonds is 2. The van der Waals surface area contributed by atoms with Crippen molar-refractivity contribution in [3.8, 4) is 0 Å². The van der Waals surface area contributed by atoms with E-state index in [0.717, 1.165) is 23.8 Å². The number of anilines is 1. The van der Waals surface area contributed by atoms with Crippen molar-refractivity contribution in [3.63, 3.8) is 0 Å². The van der Waals surface area contributed by atoms with Gasteiger partial charge in [0.25, 0.3) is 0 Å². The highest BCUT2D eigenvalue weighted by Gasteiger charge is 2.27. The second-order valence-electron chi connectivity index (χ2n) is 8.39. The van der Waals surface area contributed by atoms with Crippen molar-refractivity contribution in [1.29, 1.82) is 0 Å². The molecule has 0 saturated heterocycles. The Kier molecular flexibility index (Phi) is 7.30. The first kappa shape index (κ1) is 22.4. The summed E-state index contributed by atoms with van der Waals surface area (Å²) in [5.41, 5.74) is 5.31. The van der Waals surface area contributed by atoms with Gasteiger partial charge in [0, 0.05) is 35.1 Å². The minimum atomic E-state index is -0.418. The molecule has 0 saturated carbocycles. The Hall–Kier alpha value is -1.84. The Labute approximate surface area is 175 Å². The first-order valence-corrected chi connectivity index (χ1v) is 10.4. The fraction of sp³-hybridized carbons (Fsp3) is 0.458. The van der Waals surface area contributed by atoms with Gasteiger partial charge < -0.3 is 10.2 Å². The molecule has 0 aromatic heterocycles. The number of halogens is 1. The highest BCUT2D eigenvalue weighted by molar-refractivity contribution is 6.31. The maximum Gasteiger partial charge on any atom is 0.229 e. The molecule has 1 unspecified atom stereocenters. The quantitative estimate of drug-likeness (QED) is 0.647. The number of hydrogen-bond acceptors (Lipinski definition) is 2. The number of aryl methyl sites for hydroxylation is 1. The third-order valence-electron chi connectivity index (χ3n) is 4.90. The van der Waals surface area contributed by atoms with E-state index in [2.05, 4.69) is 42.4 Å². The Morgan fingerprint density at radius 3 is 2.50 bits per heavy atom. The van der Waals surface area contributed by atoms with Crippen LogP contribution >= 0.6 is 11.6 Å². The molecule has 0 fully saturated rings. The second-order valence-corrected chi connectivity index (χ2v) is 8.80. The summed E-state index contributed by atoms with van der Waals surface area (Å²) in [6.45, 7) is 13.6. The molecule has 1 heterocycles. The molecule has 0 radical (unpaired) electrons. The topological polar surface area (TPSA) is 32.3 Å². The van der Waals surface area contributed by atoms with Crippen LogP contribution in [-0.2, 0) is 11.3 Å². The summed E-state index contributed by atoms with van der Waals surface area (Å²) in [5, 5.41) is 3.88. The lowest BCUT2D eigenvalue weighted by atomic mass is 9.83. The number of amides is 1. The van der Waals surface area contributed by atoms with Crippen LogP contribution in [0.3, 0.4) is 0 Å². The van der Waals surface area contributed by atoms with Crippen LogP contribution < -0.4 is 5.32 Å². The summed E-state index contributed by atoms with van der Waals surface area (Å²) in [5.74, 6) is 0.266. The van der Waals surface area contributed by atoms with Crippen LogP contribution in [0.1, 0.15) is 62.8 Å². The first-order chi connectivity index (χ1) is 13.1. The van der Waals surface area contributed by atoms with Gasteiger partial charge in [0.15, 0.2) is 0 Å². The van der Waals surface area contributed by atoms with E-state index >= 15 is 0 Å². The molecule has 3 rings (SSSR count).